The molecule has 3 aromatic carbocycles. The summed E-state index contributed by atoms with van der Waals surface area (Å²) in [5.74, 6) is 0.964. The van der Waals surface area contributed by atoms with Gasteiger partial charge in [0.1, 0.15) is 11.5 Å². The molecule has 3 rings (SSSR count). The van der Waals surface area contributed by atoms with Gasteiger partial charge in [-0.1, -0.05) is 70.7 Å². The van der Waals surface area contributed by atoms with Crippen molar-refractivity contribution in [1.82, 2.24) is 10.6 Å². The van der Waals surface area contributed by atoms with E-state index in [4.69, 9.17) is 55.9 Å². The van der Waals surface area contributed by atoms with Gasteiger partial charge in [-0.05, 0) is 60.4 Å². The first-order valence-corrected chi connectivity index (χ1v) is 13.6. The number of ether oxygens (including phenoxy) is 2. The summed E-state index contributed by atoms with van der Waals surface area (Å²) >= 11 is 23.9. The average molecular weight is 598 g/mol. The van der Waals surface area contributed by atoms with Crippen molar-refractivity contribution in [1.29, 1.82) is 0 Å². The van der Waals surface area contributed by atoms with E-state index in [2.05, 4.69) is 10.6 Å². The Hall–Kier alpha value is -2.64. The van der Waals surface area contributed by atoms with Gasteiger partial charge >= 0.3 is 0 Å². The molecule has 0 spiro atoms. The van der Waals surface area contributed by atoms with Crippen LogP contribution in [-0.4, -0.2) is 25.0 Å². The highest BCUT2D eigenvalue weighted by molar-refractivity contribution is 6.36. The fourth-order valence-electron chi connectivity index (χ4n) is 3.37. The molecule has 10 heteroatoms. The second-order valence-electron chi connectivity index (χ2n) is 8.42. The lowest BCUT2D eigenvalue weighted by molar-refractivity contribution is -0.122. The maximum Gasteiger partial charge on any atom is 0.220 e. The number of halogens is 4. The third-order valence-electron chi connectivity index (χ3n) is 5.40. The van der Waals surface area contributed by atoms with Crippen molar-refractivity contribution in [3.05, 3.63) is 91.9 Å². The van der Waals surface area contributed by atoms with E-state index < -0.39 is 0 Å². The Morgan fingerprint density at radius 1 is 0.605 bits per heavy atom. The first-order valence-electron chi connectivity index (χ1n) is 12.1. The molecule has 0 aliphatic carbocycles. The second kappa shape index (κ2) is 15.7. The number of benzene rings is 3. The molecule has 0 aromatic heterocycles. The van der Waals surface area contributed by atoms with Crippen LogP contribution in [0.1, 0.15) is 36.8 Å². The molecule has 0 bridgehead atoms. The van der Waals surface area contributed by atoms with Gasteiger partial charge in [-0.2, -0.15) is 0 Å². The summed E-state index contributed by atoms with van der Waals surface area (Å²) in [4.78, 5) is 24.2. The van der Waals surface area contributed by atoms with Crippen LogP contribution in [-0.2, 0) is 22.7 Å². The van der Waals surface area contributed by atoms with Crippen LogP contribution in [0.2, 0.25) is 20.1 Å². The van der Waals surface area contributed by atoms with Crippen LogP contribution in [0.25, 0.3) is 0 Å². The zero-order valence-electron chi connectivity index (χ0n) is 20.6. The van der Waals surface area contributed by atoms with E-state index in [9.17, 15) is 9.59 Å². The molecule has 0 radical (unpaired) electrons. The molecule has 0 saturated carbocycles. The van der Waals surface area contributed by atoms with Crippen LogP contribution in [0.4, 0.5) is 0 Å². The molecular formula is C28H28Cl4N2O4. The van der Waals surface area contributed by atoms with Crippen molar-refractivity contribution in [3.8, 4) is 11.5 Å². The Morgan fingerprint density at radius 2 is 1.00 bits per heavy atom. The quantitative estimate of drug-likeness (QED) is 0.192. The van der Waals surface area contributed by atoms with Gasteiger partial charge in [0.2, 0.25) is 11.8 Å². The third-order valence-corrected chi connectivity index (χ3v) is 6.46. The summed E-state index contributed by atoms with van der Waals surface area (Å²) < 4.78 is 11.2. The molecule has 0 saturated heterocycles. The molecule has 3 aromatic rings. The topological polar surface area (TPSA) is 76.7 Å². The van der Waals surface area contributed by atoms with E-state index in [0.29, 0.717) is 83.6 Å². The molecule has 202 valence electrons. The van der Waals surface area contributed by atoms with Gasteiger partial charge in [0.25, 0.3) is 0 Å². The molecule has 2 N–H and O–H groups in total. The summed E-state index contributed by atoms with van der Waals surface area (Å²) in [6.07, 6.45) is 1.80. The van der Waals surface area contributed by atoms with E-state index in [-0.39, 0.29) is 11.8 Å². The fourth-order valence-corrected chi connectivity index (χ4v) is 4.29. The van der Waals surface area contributed by atoms with E-state index in [1.54, 1.807) is 36.4 Å². The maximum atomic E-state index is 12.1. The average Bonchev–Trinajstić information content (AvgIpc) is 2.89. The van der Waals surface area contributed by atoms with Crippen LogP contribution >= 0.6 is 46.4 Å². The lowest BCUT2D eigenvalue weighted by atomic mass is 10.1. The minimum Gasteiger partial charge on any atom is -0.492 e. The van der Waals surface area contributed by atoms with Crippen LogP contribution in [0.3, 0.4) is 0 Å². The van der Waals surface area contributed by atoms with Crippen molar-refractivity contribution in [3.63, 3.8) is 0 Å². The van der Waals surface area contributed by atoms with Crippen molar-refractivity contribution >= 4 is 58.2 Å². The third kappa shape index (κ3) is 10.6. The molecular weight excluding hydrogens is 570 g/mol. The number of hydrogen-bond acceptors (Lipinski definition) is 4. The predicted octanol–water partition coefficient (Wildman–Crippen LogP) is 7.25. The van der Waals surface area contributed by atoms with Gasteiger partial charge in [-0.15, -0.1) is 0 Å². The van der Waals surface area contributed by atoms with Crippen molar-refractivity contribution in [2.24, 2.45) is 0 Å². The van der Waals surface area contributed by atoms with Gasteiger partial charge in [0, 0.05) is 36.0 Å². The maximum absolute atomic E-state index is 12.1. The predicted molar refractivity (Wildman–Crippen MR) is 153 cm³/mol. The first-order chi connectivity index (χ1) is 18.3. The van der Waals surface area contributed by atoms with Gasteiger partial charge in [0.15, 0.2) is 0 Å². The van der Waals surface area contributed by atoms with Gasteiger partial charge in [-0.3, -0.25) is 9.59 Å². The number of carbonyl (C=O) groups excluding carboxylic acids is 2. The lowest BCUT2D eigenvalue weighted by Gasteiger charge is -2.10. The Morgan fingerprint density at radius 3 is 1.37 bits per heavy atom. The summed E-state index contributed by atoms with van der Waals surface area (Å²) in [6, 6.07) is 17.7. The van der Waals surface area contributed by atoms with Gasteiger partial charge in [0.05, 0.1) is 23.3 Å². The highest BCUT2D eigenvalue weighted by Gasteiger charge is 2.07. The molecule has 0 heterocycles. The number of hydrogen-bond donors (Lipinski definition) is 2. The number of carbonyl (C=O) groups is 2. The molecule has 0 atom stereocenters. The summed E-state index contributed by atoms with van der Waals surface area (Å²) in [6.45, 7) is 1.60. The molecule has 6 nitrogen and oxygen atoms in total. The first kappa shape index (κ1) is 29.9. The minimum absolute atomic E-state index is 0.0607. The SMILES string of the molecule is O=C(CCCOc1ccc(Cl)cc1Cl)NCc1ccc(CNC(=O)CCCOc2ccc(Cl)cc2Cl)cc1. The minimum atomic E-state index is -0.0607. The van der Waals surface area contributed by atoms with Gasteiger partial charge in [-0.25, -0.2) is 0 Å². The standard InChI is InChI=1S/C28H28Cl4N2O4/c29-21-9-11-25(23(31)15-21)37-13-1-3-27(35)33-17-19-5-7-20(8-6-19)18-34-28(36)4-2-14-38-26-12-10-22(30)16-24(26)32/h5-12,15-16H,1-4,13-14,17-18H2,(H,33,35)(H,34,36). The molecule has 0 aliphatic heterocycles. The molecule has 0 fully saturated rings. The number of rotatable bonds is 14. The number of nitrogens with one attached hydrogen (secondary N) is 2. The normalized spacial score (nSPS) is 10.6. The van der Waals surface area contributed by atoms with E-state index in [1.165, 1.54) is 0 Å². The summed E-state index contributed by atoms with van der Waals surface area (Å²) in [7, 11) is 0. The second-order valence-corrected chi connectivity index (χ2v) is 10.1. The van der Waals surface area contributed by atoms with E-state index >= 15 is 0 Å². The Balaban J connectivity index is 1.26. The van der Waals surface area contributed by atoms with Crippen LogP contribution in [0, 0.1) is 0 Å². The monoisotopic (exact) mass is 596 g/mol. The van der Waals surface area contributed by atoms with E-state index in [1.807, 2.05) is 24.3 Å². The highest BCUT2D eigenvalue weighted by atomic mass is 35.5. The summed E-state index contributed by atoms with van der Waals surface area (Å²) in [5.41, 5.74) is 1.94. The highest BCUT2D eigenvalue weighted by Crippen LogP contribution is 2.28. The van der Waals surface area contributed by atoms with Crippen molar-refractivity contribution < 1.29 is 19.1 Å². The van der Waals surface area contributed by atoms with Crippen LogP contribution in [0.5, 0.6) is 11.5 Å². The molecule has 2 amide bonds. The van der Waals surface area contributed by atoms with Crippen LogP contribution in [0.15, 0.2) is 60.7 Å². The van der Waals surface area contributed by atoms with Crippen molar-refractivity contribution in [2.75, 3.05) is 13.2 Å². The van der Waals surface area contributed by atoms with E-state index in [0.717, 1.165) is 11.1 Å². The zero-order valence-corrected chi connectivity index (χ0v) is 23.6. The smallest absolute Gasteiger partial charge is 0.220 e. The molecule has 0 aliphatic rings. The Bertz CT molecular complexity index is 1130. The largest absolute Gasteiger partial charge is 0.492 e. The molecule has 38 heavy (non-hydrogen) atoms. The molecule has 0 unspecified atom stereocenters. The van der Waals surface area contributed by atoms with Crippen molar-refractivity contribution in [2.45, 2.75) is 38.8 Å². The zero-order chi connectivity index (χ0) is 27.3. The Labute approximate surface area is 242 Å². The fraction of sp³-hybridized carbons (Fsp3) is 0.286. The van der Waals surface area contributed by atoms with Crippen LogP contribution < -0.4 is 20.1 Å². The summed E-state index contributed by atoms with van der Waals surface area (Å²) in [5, 5.41) is 7.76. The number of amides is 2. The lowest BCUT2D eigenvalue weighted by Crippen LogP contribution is -2.23. The van der Waals surface area contributed by atoms with Gasteiger partial charge < -0.3 is 20.1 Å². The Kier molecular flexibility index (Phi) is 12.4.